The number of hydrogen-bond donors (Lipinski definition) is 1. The molecule has 0 spiro atoms. The van der Waals surface area contributed by atoms with Crippen LogP contribution in [0.4, 0.5) is 0 Å². The number of hydrogen-bond acceptors (Lipinski definition) is 1. The third kappa shape index (κ3) is 2.91. The van der Waals surface area contributed by atoms with Crippen LogP contribution in [0.5, 0.6) is 0 Å². The maximum Gasteiger partial charge on any atom is 0.0906 e. The molecule has 1 atom stereocenters. The lowest BCUT2D eigenvalue weighted by atomic mass is 10.1. The predicted octanol–water partition coefficient (Wildman–Crippen LogP) is 4.07. The molecule has 1 aliphatic carbocycles. The van der Waals surface area contributed by atoms with Crippen molar-refractivity contribution >= 4 is 8.07 Å². The summed E-state index contributed by atoms with van der Waals surface area (Å²) >= 11 is 0. The van der Waals surface area contributed by atoms with Gasteiger partial charge in [0.25, 0.3) is 0 Å². The summed E-state index contributed by atoms with van der Waals surface area (Å²) in [4.78, 5) is 0. The highest BCUT2D eigenvalue weighted by molar-refractivity contribution is 6.84. The summed E-state index contributed by atoms with van der Waals surface area (Å²) in [5.41, 5.74) is 4.71. The molecule has 1 N–H and O–H groups in total. The summed E-state index contributed by atoms with van der Waals surface area (Å²) in [6.07, 6.45) is 1.20. The van der Waals surface area contributed by atoms with Gasteiger partial charge in [-0.05, 0) is 38.4 Å². The Morgan fingerprint density at radius 2 is 1.65 bits per heavy atom. The van der Waals surface area contributed by atoms with Crippen LogP contribution < -0.4 is 5.32 Å². The SMILES string of the molecule is CC1=C(C)C(C)C([Si](C)(C)CNC(C)C)=C1C. The molecule has 0 saturated carbocycles. The minimum atomic E-state index is -1.32. The Balaban J connectivity index is 2.94. The molecule has 17 heavy (non-hydrogen) atoms. The second kappa shape index (κ2) is 5.11. The van der Waals surface area contributed by atoms with Crippen LogP contribution >= 0.6 is 0 Å². The van der Waals surface area contributed by atoms with Crippen LogP contribution in [0.3, 0.4) is 0 Å². The molecule has 0 aromatic carbocycles. The molecule has 0 bridgehead atoms. The van der Waals surface area contributed by atoms with E-state index in [1.165, 1.54) is 11.7 Å². The first kappa shape index (κ1) is 14.7. The van der Waals surface area contributed by atoms with Crippen molar-refractivity contribution in [1.82, 2.24) is 5.32 Å². The first-order valence-corrected chi connectivity index (χ1v) is 10.0. The van der Waals surface area contributed by atoms with Crippen molar-refractivity contribution in [2.24, 2.45) is 5.92 Å². The van der Waals surface area contributed by atoms with Crippen LogP contribution in [0.25, 0.3) is 0 Å². The van der Waals surface area contributed by atoms with Crippen molar-refractivity contribution in [1.29, 1.82) is 0 Å². The Bertz CT molecular complexity index is 361. The summed E-state index contributed by atoms with van der Waals surface area (Å²) in [5, 5.41) is 5.41. The van der Waals surface area contributed by atoms with Gasteiger partial charge in [0.2, 0.25) is 0 Å². The average Bonchev–Trinajstić information content (AvgIpc) is 2.41. The Labute approximate surface area is 108 Å². The van der Waals surface area contributed by atoms with Gasteiger partial charge in [-0.1, -0.05) is 50.2 Å². The highest BCUT2D eigenvalue weighted by Crippen LogP contribution is 2.40. The monoisotopic (exact) mass is 251 g/mol. The Hall–Kier alpha value is -0.343. The lowest BCUT2D eigenvalue weighted by Crippen LogP contribution is -2.45. The van der Waals surface area contributed by atoms with Gasteiger partial charge in [-0.25, -0.2) is 0 Å². The van der Waals surface area contributed by atoms with E-state index < -0.39 is 8.07 Å². The maximum absolute atomic E-state index is 3.64. The number of rotatable bonds is 4. The zero-order valence-electron chi connectivity index (χ0n) is 12.9. The van der Waals surface area contributed by atoms with E-state index in [9.17, 15) is 0 Å². The standard InChI is InChI=1S/C15H29NSi/c1-10(2)16-9-17(7,8)15-13(5)11(3)12(4)14(15)6/h10,13,16H,9H2,1-8H3. The van der Waals surface area contributed by atoms with Crippen LogP contribution in [-0.2, 0) is 0 Å². The van der Waals surface area contributed by atoms with E-state index >= 15 is 0 Å². The summed E-state index contributed by atoms with van der Waals surface area (Å²) < 4.78 is 0. The van der Waals surface area contributed by atoms with Gasteiger partial charge in [0.15, 0.2) is 0 Å². The van der Waals surface area contributed by atoms with E-state index in [1.807, 2.05) is 0 Å². The minimum Gasteiger partial charge on any atom is -0.317 e. The third-order valence-corrected chi connectivity index (χ3v) is 7.68. The highest BCUT2D eigenvalue weighted by Gasteiger charge is 2.35. The summed E-state index contributed by atoms with van der Waals surface area (Å²) in [6.45, 7) is 18.8. The molecule has 0 radical (unpaired) electrons. The van der Waals surface area contributed by atoms with Gasteiger partial charge < -0.3 is 5.32 Å². The molecule has 1 aliphatic rings. The van der Waals surface area contributed by atoms with E-state index in [4.69, 9.17) is 0 Å². The molecule has 0 heterocycles. The van der Waals surface area contributed by atoms with E-state index in [0.29, 0.717) is 12.0 Å². The number of allylic oxidation sites excluding steroid dienone is 4. The average molecular weight is 251 g/mol. The van der Waals surface area contributed by atoms with Crippen molar-refractivity contribution in [2.75, 3.05) is 6.17 Å². The topological polar surface area (TPSA) is 12.0 Å². The van der Waals surface area contributed by atoms with Crippen molar-refractivity contribution in [3.05, 3.63) is 21.9 Å². The van der Waals surface area contributed by atoms with E-state index in [2.05, 4.69) is 60.0 Å². The molecule has 98 valence electrons. The molecule has 0 aliphatic heterocycles. The summed E-state index contributed by atoms with van der Waals surface area (Å²) in [7, 11) is -1.32. The quantitative estimate of drug-likeness (QED) is 0.743. The molecule has 2 heteroatoms. The normalized spacial score (nSPS) is 22.1. The zero-order chi connectivity index (χ0) is 13.4. The van der Waals surface area contributed by atoms with Gasteiger partial charge >= 0.3 is 0 Å². The summed E-state index contributed by atoms with van der Waals surface area (Å²) in [6, 6.07) is 0.592. The molecule has 0 aromatic rings. The second-order valence-corrected chi connectivity index (χ2v) is 11.1. The van der Waals surface area contributed by atoms with E-state index in [0.717, 1.165) is 0 Å². The van der Waals surface area contributed by atoms with Crippen LogP contribution in [0.1, 0.15) is 41.5 Å². The Kier molecular flexibility index (Phi) is 4.42. The van der Waals surface area contributed by atoms with Gasteiger partial charge in [-0.15, -0.1) is 0 Å². The highest BCUT2D eigenvalue weighted by atomic mass is 28.3. The molecule has 1 unspecified atom stereocenters. The van der Waals surface area contributed by atoms with Crippen LogP contribution in [-0.4, -0.2) is 20.3 Å². The van der Waals surface area contributed by atoms with Crippen molar-refractivity contribution < 1.29 is 0 Å². The van der Waals surface area contributed by atoms with E-state index in [1.54, 1.807) is 16.3 Å². The predicted molar refractivity (Wildman–Crippen MR) is 80.9 cm³/mol. The maximum atomic E-state index is 3.64. The molecule has 1 rings (SSSR count). The van der Waals surface area contributed by atoms with Gasteiger partial charge in [0.05, 0.1) is 8.07 Å². The van der Waals surface area contributed by atoms with Crippen LogP contribution in [0, 0.1) is 5.92 Å². The third-order valence-electron chi connectivity index (χ3n) is 4.32. The molecule has 0 saturated heterocycles. The zero-order valence-corrected chi connectivity index (χ0v) is 13.9. The fourth-order valence-electron chi connectivity index (χ4n) is 3.01. The molecule has 1 nitrogen and oxygen atoms in total. The van der Waals surface area contributed by atoms with Gasteiger partial charge in [-0.2, -0.15) is 0 Å². The lowest BCUT2D eigenvalue weighted by molar-refractivity contribution is 0.642. The van der Waals surface area contributed by atoms with Gasteiger partial charge in [0, 0.05) is 6.04 Å². The Morgan fingerprint density at radius 1 is 1.12 bits per heavy atom. The van der Waals surface area contributed by atoms with Crippen molar-refractivity contribution in [3.8, 4) is 0 Å². The largest absolute Gasteiger partial charge is 0.317 e. The van der Waals surface area contributed by atoms with Crippen molar-refractivity contribution in [3.63, 3.8) is 0 Å². The van der Waals surface area contributed by atoms with Gasteiger partial charge in [-0.3, -0.25) is 0 Å². The van der Waals surface area contributed by atoms with Crippen LogP contribution in [0.15, 0.2) is 21.9 Å². The minimum absolute atomic E-state index is 0.592. The summed E-state index contributed by atoms with van der Waals surface area (Å²) in [5.74, 6) is 0.672. The second-order valence-electron chi connectivity index (χ2n) is 6.49. The first-order chi connectivity index (χ1) is 7.68. The lowest BCUT2D eigenvalue weighted by Gasteiger charge is -2.30. The molecular formula is C15H29NSi. The molecule has 0 fully saturated rings. The molecule has 0 aromatic heterocycles. The fraction of sp³-hybridized carbons (Fsp3) is 0.733. The van der Waals surface area contributed by atoms with Crippen LogP contribution in [0.2, 0.25) is 13.1 Å². The van der Waals surface area contributed by atoms with E-state index in [-0.39, 0.29) is 0 Å². The Morgan fingerprint density at radius 3 is 2.00 bits per heavy atom. The van der Waals surface area contributed by atoms with Crippen molar-refractivity contribution in [2.45, 2.75) is 60.7 Å². The fourth-order valence-corrected chi connectivity index (χ4v) is 6.71. The van der Waals surface area contributed by atoms with Gasteiger partial charge in [0.1, 0.15) is 0 Å². The molecular weight excluding hydrogens is 222 g/mol. The number of nitrogens with one attached hydrogen (secondary N) is 1. The molecule has 0 amide bonds. The smallest absolute Gasteiger partial charge is 0.0906 e. The first-order valence-electron chi connectivity index (χ1n) is 6.81.